The molecule has 3 rings (SSSR count). The van der Waals surface area contributed by atoms with Crippen molar-refractivity contribution < 1.29 is 0 Å². The lowest BCUT2D eigenvalue weighted by atomic mass is 10.2. The van der Waals surface area contributed by atoms with Crippen LogP contribution >= 0.6 is 0 Å². The molecule has 0 aliphatic heterocycles. The van der Waals surface area contributed by atoms with Crippen molar-refractivity contribution in [1.29, 1.82) is 0 Å². The summed E-state index contributed by atoms with van der Waals surface area (Å²) in [6.07, 6.45) is 6.22. The zero-order valence-electron chi connectivity index (χ0n) is 10.4. The van der Waals surface area contributed by atoms with E-state index >= 15 is 0 Å². The molecule has 2 aromatic rings. The number of hydrogen-bond donors (Lipinski definition) is 1. The largest absolute Gasteiger partial charge is 0.347 e. The van der Waals surface area contributed by atoms with E-state index in [4.69, 9.17) is 0 Å². The van der Waals surface area contributed by atoms with E-state index in [0.717, 1.165) is 19.1 Å². The van der Waals surface area contributed by atoms with E-state index in [1.54, 1.807) is 0 Å². The predicted octanol–water partition coefficient (Wildman–Crippen LogP) is 3.30. The summed E-state index contributed by atoms with van der Waals surface area (Å²) in [6, 6.07) is 9.52. The van der Waals surface area contributed by atoms with E-state index in [1.807, 2.05) is 0 Å². The second-order valence-corrected chi connectivity index (χ2v) is 5.02. The number of para-hydroxylation sites is 1. The third-order valence-electron chi connectivity index (χ3n) is 3.49. The topological polar surface area (TPSA) is 17.0 Å². The van der Waals surface area contributed by atoms with E-state index in [0.29, 0.717) is 0 Å². The van der Waals surface area contributed by atoms with E-state index in [9.17, 15) is 0 Å². The van der Waals surface area contributed by atoms with Crippen molar-refractivity contribution in [2.24, 2.45) is 0 Å². The first-order valence-electron chi connectivity index (χ1n) is 6.68. The Morgan fingerprint density at radius 1 is 1.29 bits per heavy atom. The van der Waals surface area contributed by atoms with Crippen LogP contribution in [-0.2, 0) is 13.1 Å². The summed E-state index contributed by atoms with van der Waals surface area (Å²) in [7, 11) is 0. The van der Waals surface area contributed by atoms with Crippen molar-refractivity contribution in [3.05, 3.63) is 36.0 Å². The highest BCUT2D eigenvalue weighted by atomic mass is 15.0. The molecule has 1 N–H and O–H groups in total. The highest BCUT2D eigenvalue weighted by Crippen LogP contribution is 2.24. The first-order valence-corrected chi connectivity index (χ1v) is 6.68. The van der Waals surface area contributed by atoms with Gasteiger partial charge in [-0.3, -0.25) is 0 Å². The van der Waals surface area contributed by atoms with Crippen LogP contribution in [0.15, 0.2) is 30.5 Å². The van der Waals surface area contributed by atoms with Crippen LogP contribution in [0.4, 0.5) is 0 Å². The van der Waals surface area contributed by atoms with Gasteiger partial charge in [0, 0.05) is 36.2 Å². The van der Waals surface area contributed by atoms with Gasteiger partial charge in [-0.15, -0.1) is 0 Å². The van der Waals surface area contributed by atoms with Crippen molar-refractivity contribution in [3.8, 4) is 0 Å². The fourth-order valence-corrected chi connectivity index (χ4v) is 2.43. The number of fused-ring (bicyclic) bond motifs is 1. The highest BCUT2D eigenvalue weighted by Gasteiger charge is 2.20. The maximum Gasteiger partial charge on any atom is 0.0483 e. The fraction of sp³-hybridized carbons (Fsp3) is 0.467. The Morgan fingerprint density at radius 2 is 2.12 bits per heavy atom. The number of benzene rings is 1. The van der Waals surface area contributed by atoms with Crippen molar-refractivity contribution >= 4 is 10.9 Å². The van der Waals surface area contributed by atoms with Crippen LogP contribution in [0.5, 0.6) is 0 Å². The summed E-state index contributed by atoms with van der Waals surface area (Å²) in [6.45, 7) is 4.36. The smallest absolute Gasteiger partial charge is 0.0483 e. The van der Waals surface area contributed by atoms with Gasteiger partial charge in [0.05, 0.1) is 0 Å². The summed E-state index contributed by atoms with van der Waals surface area (Å²) >= 11 is 0. The van der Waals surface area contributed by atoms with Crippen molar-refractivity contribution in [1.82, 2.24) is 9.88 Å². The van der Waals surface area contributed by atoms with Gasteiger partial charge < -0.3 is 9.88 Å². The van der Waals surface area contributed by atoms with Crippen molar-refractivity contribution in [2.45, 2.75) is 45.3 Å². The number of nitrogens with zero attached hydrogens (tertiary/aromatic N) is 1. The molecule has 0 amide bonds. The maximum absolute atomic E-state index is 3.61. The Kier molecular flexibility index (Phi) is 2.89. The molecule has 1 aliphatic rings. The van der Waals surface area contributed by atoms with Crippen LogP contribution in [0, 0.1) is 0 Å². The van der Waals surface area contributed by atoms with Gasteiger partial charge in [-0.1, -0.05) is 25.1 Å². The maximum atomic E-state index is 3.61. The van der Waals surface area contributed by atoms with Gasteiger partial charge in [0.1, 0.15) is 0 Å². The van der Waals surface area contributed by atoms with Gasteiger partial charge >= 0.3 is 0 Å². The molecule has 0 bridgehead atoms. The van der Waals surface area contributed by atoms with Gasteiger partial charge in [-0.2, -0.15) is 0 Å². The zero-order valence-corrected chi connectivity index (χ0v) is 10.4. The Hall–Kier alpha value is -1.28. The van der Waals surface area contributed by atoms with Gasteiger partial charge in [0.15, 0.2) is 0 Å². The first kappa shape index (κ1) is 10.8. The average molecular weight is 228 g/mol. The van der Waals surface area contributed by atoms with Crippen LogP contribution in [0.3, 0.4) is 0 Å². The molecule has 0 atom stereocenters. The average Bonchev–Trinajstić information content (AvgIpc) is 3.12. The minimum atomic E-state index is 0.781. The second kappa shape index (κ2) is 4.53. The summed E-state index contributed by atoms with van der Waals surface area (Å²) < 4.78 is 2.39. The van der Waals surface area contributed by atoms with E-state index in [2.05, 4.69) is 47.3 Å². The monoisotopic (exact) mass is 228 g/mol. The third-order valence-corrected chi connectivity index (χ3v) is 3.49. The molecule has 1 heterocycles. The van der Waals surface area contributed by atoms with Crippen molar-refractivity contribution in [3.63, 3.8) is 0 Å². The molecule has 0 spiro atoms. The standard InChI is InChI=1S/C15H20N2/c1-2-9-17-11-12(10-16-13-7-8-13)14-5-3-4-6-15(14)17/h3-6,11,13,16H,2,7-10H2,1H3. The molecular formula is C15H20N2. The molecule has 2 heteroatoms. The Morgan fingerprint density at radius 3 is 2.88 bits per heavy atom. The van der Waals surface area contributed by atoms with Gasteiger partial charge in [-0.25, -0.2) is 0 Å². The number of aryl methyl sites for hydroxylation is 1. The lowest BCUT2D eigenvalue weighted by Crippen LogP contribution is -2.14. The van der Waals surface area contributed by atoms with Crippen LogP contribution in [0.1, 0.15) is 31.7 Å². The third kappa shape index (κ3) is 2.22. The SMILES string of the molecule is CCCn1cc(CNC2CC2)c2ccccc21. The minimum absolute atomic E-state index is 0.781. The van der Waals surface area contributed by atoms with Crippen LogP contribution in [-0.4, -0.2) is 10.6 Å². The molecule has 17 heavy (non-hydrogen) atoms. The summed E-state index contributed by atoms with van der Waals surface area (Å²) in [5.74, 6) is 0. The number of hydrogen-bond acceptors (Lipinski definition) is 1. The van der Waals surface area contributed by atoms with Crippen molar-refractivity contribution in [2.75, 3.05) is 0 Å². The quantitative estimate of drug-likeness (QED) is 0.831. The predicted molar refractivity (Wildman–Crippen MR) is 72.1 cm³/mol. The van der Waals surface area contributed by atoms with Crippen LogP contribution in [0.2, 0.25) is 0 Å². The molecule has 1 fully saturated rings. The molecule has 1 aliphatic carbocycles. The summed E-state index contributed by atoms with van der Waals surface area (Å²) in [5.41, 5.74) is 2.82. The molecule has 2 nitrogen and oxygen atoms in total. The normalized spacial score (nSPS) is 15.6. The molecule has 1 aromatic carbocycles. The minimum Gasteiger partial charge on any atom is -0.347 e. The number of aromatic nitrogens is 1. The molecule has 0 radical (unpaired) electrons. The molecule has 0 saturated heterocycles. The molecular weight excluding hydrogens is 208 g/mol. The first-order chi connectivity index (χ1) is 8.38. The van der Waals surface area contributed by atoms with E-state index in [1.165, 1.54) is 35.7 Å². The number of rotatable bonds is 5. The lowest BCUT2D eigenvalue weighted by Gasteiger charge is -2.01. The van der Waals surface area contributed by atoms with Crippen LogP contribution < -0.4 is 5.32 Å². The van der Waals surface area contributed by atoms with Gasteiger partial charge in [0.25, 0.3) is 0 Å². The molecule has 1 saturated carbocycles. The van der Waals surface area contributed by atoms with E-state index in [-0.39, 0.29) is 0 Å². The fourth-order valence-electron chi connectivity index (χ4n) is 2.43. The Balaban J connectivity index is 1.92. The van der Waals surface area contributed by atoms with E-state index < -0.39 is 0 Å². The molecule has 1 aromatic heterocycles. The molecule has 90 valence electrons. The summed E-state index contributed by atoms with van der Waals surface area (Å²) in [5, 5.41) is 5.02. The lowest BCUT2D eigenvalue weighted by molar-refractivity contribution is 0.674. The Labute approximate surface area is 103 Å². The summed E-state index contributed by atoms with van der Waals surface area (Å²) in [4.78, 5) is 0. The van der Waals surface area contributed by atoms with Crippen LogP contribution in [0.25, 0.3) is 10.9 Å². The second-order valence-electron chi connectivity index (χ2n) is 5.02. The number of nitrogens with one attached hydrogen (secondary N) is 1. The molecule has 0 unspecified atom stereocenters. The van der Waals surface area contributed by atoms with Gasteiger partial charge in [-0.05, 0) is 30.9 Å². The zero-order chi connectivity index (χ0) is 11.7. The van der Waals surface area contributed by atoms with Gasteiger partial charge in [0.2, 0.25) is 0 Å². The Bertz CT molecular complexity index is 509. The highest BCUT2D eigenvalue weighted by molar-refractivity contribution is 5.83.